The van der Waals surface area contributed by atoms with Crippen LogP contribution in [0.5, 0.6) is 0 Å². The van der Waals surface area contributed by atoms with Gasteiger partial charge in [-0.3, -0.25) is 4.79 Å². The molecule has 0 amide bonds. The molecule has 0 saturated carbocycles. The van der Waals surface area contributed by atoms with Crippen LogP contribution in [0.4, 0.5) is 0 Å². The minimum atomic E-state index is -0.743. The standard InChI is InChI=1S/C19H27NO/c1-4-5-6-7-8-9-14-19(3,20)15-18(21)17-12-10-16(2)11-13-17/h10-13H,4-8,15,20H2,1-3H3/t19-/m1/s1. The molecule has 0 aliphatic rings. The van der Waals surface area contributed by atoms with Crippen LogP contribution in [0.2, 0.25) is 0 Å². The normalized spacial score (nSPS) is 13.1. The number of unbranched alkanes of at least 4 members (excludes halogenated alkanes) is 4. The Bertz CT molecular complexity index is 503. The molecule has 0 heterocycles. The lowest BCUT2D eigenvalue weighted by atomic mass is 9.93. The first kappa shape index (κ1) is 17.5. The number of rotatable bonds is 7. The number of ketones is 1. The Labute approximate surface area is 129 Å². The van der Waals surface area contributed by atoms with Crippen molar-refractivity contribution < 1.29 is 4.79 Å². The molecule has 2 heteroatoms. The molecular formula is C19H27NO. The van der Waals surface area contributed by atoms with Crippen LogP contribution in [0.3, 0.4) is 0 Å². The Kier molecular flexibility index (Phi) is 7.19. The molecule has 0 aliphatic heterocycles. The molecule has 0 radical (unpaired) electrons. The van der Waals surface area contributed by atoms with Crippen LogP contribution >= 0.6 is 0 Å². The van der Waals surface area contributed by atoms with Gasteiger partial charge >= 0.3 is 0 Å². The summed E-state index contributed by atoms with van der Waals surface area (Å²) in [5, 5.41) is 0. The zero-order chi connectivity index (χ0) is 15.7. The van der Waals surface area contributed by atoms with E-state index in [0.29, 0.717) is 5.56 Å². The van der Waals surface area contributed by atoms with Crippen molar-refractivity contribution in [2.24, 2.45) is 5.73 Å². The molecule has 0 spiro atoms. The molecule has 1 atom stereocenters. The van der Waals surface area contributed by atoms with Gasteiger partial charge in [0.25, 0.3) is 0 Å². The monoisotopic (exact) mass is 285 g/mol. The van der Waals surface area contributed by atoms with Gasteiger partial charge in [-0.1, -0.05) is 61.9 Å². The summed E-state index contributed by atoms with van der Waals surface area (Å²) in [6.07, 6.45) is 5.95. The quantitative estimate of drug-likeness (QED) is 0.462. The van der Waals surface area contributed by atoms with E-state index in [1.54, 1.807) is 0 Å². The van der Waals surface area contributed by atoms with Gasteiger partial charge in [-0.25, -0.2) is 0 Å². The predicted molar refractivity (Wildman–Crippen MR) is 89.3 cm³/mol. The van der Waals surface area contributed by atoms with Gasteiger partial charge in [-0.05, 0) is 20.3 Å². The van der Waals surface area contributed by atoms with Crippen molar-refractivity contribution in [1.29, 1.82) is 0 Å². The number of aryl methyl sites for hydroxylation is 1. The van der Waals surface area contributed by atoms with Gasteiger partial charge in [-0.2, -0.15) is 0 Å². The van der Waals surface area contributed by atoms with Gasteiger partial charge in [0.15, 0.2) is 5.78 Å². The lowest BCUT2D eigenvalue weighted by Crippen LogP contribution is -2.36. The largest absolute Gasteiger partial charge is 0.315 e. The Hall–Kier alpha value is -1.59. The first-order valence-corrected chi connectivity index (χ1v) is 7.83. The molecule has 0 bridgehead atoms. The highest BCUT2D eigenvalue weighted by molar-refractivity contribution is 5.97. The third-order valence-corrected chi connectivity index (χ3v) is 3.43. The van der Waals surface area contributed by atoms with Gasteiger partial charge in [0, 0.05) is 18.4 Å². The number of carbonyl (C=O) groups excluding carboxylic acids is 1. The van der Waals surface area contributed by atoms with E-state index in [1.165, 1.54) is 19.3 Å². The maximum absolute atomic E-state index is 12.2. The fraction of sp³-hybridized carbons (Fsp3) is 0.526. The molecule has 1 aromatic rings. The fourth-order valence-corrected chi connectivity index (χ4v) is 2.12. The summed E-state index contributed by atoms with van der Waals surface area (Å²) in [5.41, 5.74) is 7.25. The van der Waals surface area contributed by atoms with Crippen LogP contribution in [-0.4, -0.2) is 11.3 Å². The molecule has 1 rings (SSSR count). The number of nitrogens with two attached hydrogens (primary N) is 1. The molecule has 0 saturated heterocycles. The smallest absolute Gasteiger partial charge is 0.165 e. The highest BCUT2D eigenvalue weighted by atomic mass is 16.1. The number of hydrogen-bond donors (Lipinski definition) is 1. The Morgan fingerprint density at radius 3 is 2.48 bits per heavy atom. The average molecular weight is 285 g/mol. The fourth-order valence-electron chi connectivity index (χ4n) is 2.12. The lowest BCUT2D eigenvalue weighted by Gasteiger charge is -2.16. The summed E-state index contributed by atoms with van der Waals surface area (Å²) in [6, 6.07) is 7.60. The molecule has 2 nitrogen and oxygen atoms in total. The highest BCUT2D eigenvalue weighted by Gasteiger charge is 2.20. The van der Waals surface area contributed by atoms with Crippen molar-refractivity contribution in [3.63, 3.8) is 0 Å². The van der Waals surface area contributed by atoms with Crippen LogP contribution in [0.1, 0.15) is 68.3 Å². The first-order valence-electron chi connectivity index (χ1n) is 7.83. The van der Waals surface area contributed by atoms with E-state index in [4.69, 9.17) is 5.73 Å². The maximum atomic E-state index is 12.2. The zero-order valence-corrected chi connectivity index (χ0v) is 13.5. The number of benzene rings is 1. The summed E-state index contributed by atoms with van der Waals surface area (Å²) >= 11 is 0. The summed E-state index contributed by atoms with van der Waals surface area (Å²) < 4.78 is 0. The van der Waals surface area contributed by atoms with Gasteiger partial charge in [0.05, 0.1) is 5.54 Å². The van der Waals surface area contributed by atoms with Gasteiger partial charge in [-0.15, -0.1) is 5.92 Å². The molecule has 0 unspecified atom stereocenters. The molecule has 0 fully saturated rings. The van der Waals surface area contributed by atoms with Crippen LogP contribution in [-0.2, 0) is 0 Å². The number of hydrogen-bond acceptors (Lipinski definition) is 2. The minimum Gasteiger partial charge on any atom is -0.315 e. The second-order valence-electron chi connectivity index (χ2n) is 6.00. The summed E-state index contributed by atoms with van der Waals surface area (Å²) in [6.45, 7) is 6.03. The van der Waals surface area contributed by atoms with Crippen LogP contribution in [0.25, 0.3) is 0 Å². The number of carbonyl (C=O) groups is 1. The van der Waals surface area contributed by atoms with Gasteiger partial charge in [0.2, 0.25) is 0 Å². The molecule has 1 aromatic carbocycles. The maximum Gasteiger partial charge on any atom is 0.165 e. The van der Waals surface area contributed by atoms with Crippen LogP contribution in [0, 0.1) is 18.8 Å². The second kappa shape index (κ2) is 8.64. The highest BCUT2D eigenvalue weighted by Crippen LogP contribution is 2.12. The van der Waals surface area contributed by atoms with Gasteiger partial charge < -0.3 is 5.73 Å². The lowest BCUT2D eigenvalue weighted by molar-refractivity contribution is 0.0967. The second-order valence-corrected chi connectivity index (χ2v) is 6.00. The topological polar surface area (TPSA) is 43.1 Å². The summed E-state index contributed by atoms with van der Waals surface area (Å²) in [5.74, 6) is 6.23. The molecule has 21 heavy (non-hydrogen) atoms. The van der Waals surface area contributed by atoms with Crippen molar-refractivity contribution in [2.75, 3.05) is 0 Å². The Morgan fingerprint density at radius 2 is 1.86 bits per heavy atom. The van der Waals surface area contributed by atoms with Crippen molar-refractivity contribution >= 4 is 5.78 Å². The SMILES string of the molecule is CCCCCCC#C[C@@](C)(N)CC(=O)c1ccc(C)cc1. The molecule has 0 aromatic heterocycles. The van der Waals surface area contributed by atoms with E-state index in [1.807, 2.05) is 38.1 Å². The zero-order valence-electron chi connectivity index (χ0n) is 13.5. The molecular weight excluding hydrogens is 258 g/mol. The minimum absolute atomic E-state index is 0.0558. The van der Waals surface area contributed by atoms with Crippen molar-refractivity contribution in [3.8, 4) is 11.8 Å². The third kappa shape index (κ3) is 7.11. The Balaban J connectivity index is 2.49. The molecule has 0 aliphatic carbocycles. The summed E-state index contributed by atoms with van der Waals surface area (Å²) in [4.78, 5) is 12.2. The third-order valence-electron chi connectivity index (χ3n) is 3.43. The van der Waals surface area contributed by atoms with Crippen molar-refractivity contribution in [1.82, 2.24) is 0 Å². The Morgan fingerprint density at radius 1 is 1.19 bits per heavy atom. The summed E-state index contributed by atoms with van der Waals surface area (Å²) in [7, 11) is 0. The van der Waals surface area contributed by atoms with Crippen molar-refractivity contribution in [3.05, 3.63) is 35.4 Å². The van der Waals surface area contributed by atoms with Crippen LogP contribution < -0.4 is 5.73 Å². The van der Waals surface area contributed by atoms with E-state index >= 15 is 0 Å². The van der Waals surface area contributed by atoms with E-state index in [9.17, 15) is 4.79 Å². The average Bonchev–Trinajstić information content (AvgIpc) is 2.43. The predicted octanol–water partition coefficient (Wildman–Crippen LogP) is 4.26. The van der Waals surface area contributed by atoms with E-state index in [-0.39, 0.29) is 12.2 Å². The van der Waals surface area contributed by atoms with E-state index < -0.39 is 5.54 Å². The first-order chi connectivity index (χ1) is 9.94. The molecule has 114 valence electrons. The van der Waals surface area contributed by atoms with E-state index in [0.717, 1.165) is 18.4 Å². The van der Waals surface area contributed by atoms with Crippen LogP contribution in [0.15, 0.2) is 24.3 Å². The number of Topliss-reactive ketones (excluding diaryl/α,β-unsaturated/α-hetero) is 1. The van der Waals surface area contributed by atoms with E-state index in [2.05, 4.69) is 18.8 Å². The van der Waals surface area contributed by atoms with Gasteiger partial charge in [0.1, 0.15) is 0 Å². The molecule has 2 N–H and O–H groups in total. The van der Waals surface area contributed by atoms with Crippen molar-refractivity contribution in [2.45, 2.75) is 64.8 Å².